The fourth-order valence-electron chi connectivity index (χ4n) is 3.08. The third-order valence-corrected chi connectivity index (χ3v) is 4.08. The van der Waals surface area contributed by atoms with Gasteiger partial charge in [-0.1, -0.05) is 60.7 Å². The summed E-state index contributed by atoms with van der Waals surface area (Å²) in [6, 6.07) is 16.4. The molecule has 2 unspecified atom stereocenters. The van der Waals surface area contributed by atoms with Crippen LogP contribution >= 0.6 is 0 Å². The lowest BCUT2D eigenvalue weighted by molar-refractivity contribution is 0.0480. The van der Waals surface area contributed by atoms with E-state index >= 15 is 0 Å². The van der Waals surface area contributed by atoms with Gasteiger partial charge in [0.05, 0.1) is 0 Å². The summed E-state index contributed by atoms with van der Waals surface area (Å²) in [4.78, 5) is 0. The number of aliphatic hydroxyl groups excluding tert-OH is 2. The Hall–Kier alpha value is -2.16. The molecule has 0 saturated carbocycles. The Balaban J connectivity index is 2.22. The summed E-state index contributed by atoms with van der Waals surface area (Å²) in [6.07, 6.45) is 1.81. The molecule has 0 spiro atoms. The smallest absolute Gasteiger partial charge is 0.110 e. The van der Waals surface area contributed by atoms with E-state index in [1.54, 1.807) is 6.08 Å². The first-order valence-corrected chi connectivity index (χ1v) is 6.74. The lowest BCUT2D eigenvalue weighted by atomic mass is 9.86. The van der Waals surface area contributed by atoms with E-state index in [4.69, 9.17) is 0 Å². The lowest BCUT2D eigenvalue weighted by Gasteiger charge is -2.24. The van der Waals surface area contributed by atoms with Crippen molar-refractivity contribution in [3.63, 3.8) is 0 Å². The zero-order chi connectivity index (χ0) is 13.7. The Kier molecular flexibility index (Phi) is 2.43. The molecule has 0 radical (unpaired) electrons. The first-order valence-electron chi connectivity index (χ1n) is 6.74. The van der Waals surface area contributed by atoms with Gasteiger partial charge in [0.15, 0.2) is 0 Å². The van der Waals surface area contributed by atoms with Crippen molar-refractivity contribution in [3.05, 3.63) is 65.7 Å². The van der Waals surface area contributed by atoms with Gasteiger partial charge in [-0.15, -0.1) is 0 Å². The normalized spacial score (nSPS) is 21.3. The molecule has 2 heteroatoms. The molecule has 98 valence electrons. The Labute approximate surface area is 116 Å². The predicted octanol–water partition coefficient (Wildman–Crippen LogP) is 3.41. The highest BCUT2D eigenvalue weighted by Gasteiger charge is 2.25. The summed E-state index contributed by atoms with van der Waals surface area (Å²) >= 11 is 0. The van der Waals surface area contributed by atoms with Crippen molar-refractivity contribution in [1.82, 2.24) is 0 Å². The summed E-state index contributed by atoms with van der Waals surface area (Å²) < 4.78 is 0. The highest BCUT2D eigenvalue weighted by Crippen LogP contribution is 2.37. The van der Waals surface area contributed by atoms with Gasteiger partial charge in [-0.25, -0.2) is 0 Å². The molecule has 0 aliphatic heterocycles. The van der Waals surface area contributed by atoms with Gasteiger partial charge < -0.3 is 10.2 Å². The third kappa shape index (κ3) is 1.52. The molecular weight excluding hydrogens is 248 g/mol. The zero-order valence-corrected chi connectivity index (χ0v) is 10.8. The molecule has 0 fully saturated rings. The minimum atomic E-state index is -0.871. The maximum absolute atomic E-state index is 10.4. The van der Waals surface area contributed by atoms with Crippen LogP contribution < -0.4 is 0 Å². The Morgan fingerprint density at radius 2 is 1.55 bits per heavy atom. The van der Waals surface area contributed by atoms with Gasteiger partial charge in [0, 0.05) is 0 Å². The molecule has 2 nitrogen and oxygen atoms in total. The number of fused-ring (bicyclic) bond motifs is 5. The van der Waals surface area contributed by atoms with Crippen molar-refractivity contribution in [1.29, 1.82) is 0 Å². The standard InChI is InChI=1S/C18H14O2/c19-15-10-9-13-8-7-12-6-5-11-3-1-2-4-14(11)16(12)17(13)18(15)20/h1-10,15,18-20H. The van der Waals surface area contributed by atoms with Gasteiger partial charge in [-0.3, -0.25) is 0 Å². The van der Waals surface area contributed by atoms with E-state index in [-0.39, 0.29) is 0 Å². The second-order valence-electron chi connectivity index (χ2n) is 5.25. The van der Waals surface area contributed by atoms with Crippen LogP contribution in [-0.4, -0.2) is 16.3 Å². The fraction of sp³-hybridized carbons (Fsp3) is 0.111. The number of hydrogen-bond acceptors (Lipinski definition) is 2. The molecular formula is C18H14O2. The summed E-state index contributed by atoms with van der Waals surface area (Å²) in [7, 11) is 0. The van der Waals surface area contributed by atoms with Crippen LogP contribution in [0.5, 0.6) is 0 Å². The van der Waals surface area contributed by atoms with Crippen LogP contribution in [-0.2, 0) is 0 Å². The minimum absolute atomic E-state index is 0.828. The molecule has 0 amide bonds. The van der Waals surface area contributed by atoms with Gasteiger partial charge in [-0.05, 0) is 32.7 Å². The fourth-order valence-corrected chi connectivity index (χ4v) is 3.08. The molecule has 1 aliphatic carbocycles. The van der Waals surface area contributed by atoms with Crippen molar-refractivity contribution in [2.75, 3.05) is 0 Å². The zero-order valence-electron chi connectivity index (χ0n) is 10.8. The molecule has 1 aliphatic rings. The van der Waals surface area contributed by atoms with E-state index in [0.717, 1.165) is 32.7 Å². The van der Waals surface area contributed by atoms with Crippen molar-refractivity contribution in [2.24, 2.45) is 0 Å². The van der Waals surface area contributed by atoms with Crippen molar-refractivity contribution < 1.29 is 10.2 Å². The van der Waals surface area contributed by atoms with Gasteiger partial charge in [0.25, 0.3) is 0 Å². The van der Waals surface area contributed by atoms with E-state index in [1.165, 1.54) is 0 Å². The quantitative estimate of drug-likeness (QED) is 0.609. The highest BCUT2D eigenvalue weighted by atomic mass is 16.3. The van der Waals surface area contributed by atoms with Crippen LogP contribution in [0.15, 0.2) is 54.6 Å². The van der Waals surface area contributed by atoms with E-state index in [9.17, 15) is 10.2 Å². The average Bonchev–Trinajstić information content (AvgIpc) is 2.50. The molecule has 0 bridgehead atoms. The van der Waals surface area contributed by atoms with Crippen LogP contribution in [0.4, 0.5) is 0 Å². The van der Waals surface area contributed by atoms with Crippen LogP contribution in [0.1, 0.15) is 17.2 Å². The number of aliphatic hydroxyl groups is 2. The van der Waals surface area contributed by atoms with E-state index in [2.05, 4.69) is 30.3 Å². The molecule has 2 N–H and O–H groups in total. The second kappa shape index (κ2) is 4.17. The highest BCUT2D eigenvalue weighted by molar-refractivity contribution is 6.10. The van der Waals surface area contributed by atoms with Crippen LogP contribution in [0.25, 0.3) is 27.6 Å². The van der Waals surface area contributed by atoms with E-state index in [0.29, 0.717) is 0 Å². The van der Waals surface area contributed by atoms with Crippen LogP contribution in [0.2, 0.25) is 0 Å². The number of benzene rings is 3. The summed E-state index contributed by atoms with van der Waals surface area (Å²) in [5.41, 5.74) is 1.81. The SMILES string of the molecule is OC1C=Cc2ccc3ccc4ccccc4c3c2C1O. The average molecular weight is 262 g/mol. The first-order chi connectivity index (χ1) is 9.75. The van der Waals surface area contributed by atoms with Gasteiger partial charge in [-0.2, -0.15) is 0 Å². The second-order valence-corrected chi connectivity index (χ2v) is 5.25. The molecule has 20 heavy (non-hydrogen) atoms. The van der Waals surface area contributed by atoms with Crippen LogP contribution in [0, 0.1) is 0 Å². The number of rotatable bonds is 0. The topological polar surface area (TPSA) is 40.5 Å². The molecule has 3 aromatic carbocycles. The third-order valence-electron chi connectivity index (χ3n) is 4.08. The van der Waals surface area contributed by atoms with Gasteiger partial charge in [0.2, 0.25) is 0 Å². The minimum Gasteiger partial charge on any atom is -0.386 e. The van der Waals surface area contributed by atoms with Crippen molar-refractivity contribution in [3.8, 4) is 0 Å². The molecule has 0 saturated heterocycles. The van der Waals surface area contributed by atoms with Crippen molar-refractivity contribution >= 4 is 27.6 Å². The molecule has 4 rings (SSSR count). The van der Waals surface area contributed by atoms with Gasteiger partial charge >= 0.3 is 0 Å². The summed E-state index contributed by atoms with van der Waals surface area (Å²) in [6.45, 7) is 0. The Bertz CT molecular complexity index is 849. The maximum Gasteiger partial charge on any atom is 0.110 e. The molecule has 0 aromatic heterocycles. The lowest BCUT2D eigenvalue weighted by Crippen LogP contribution is -2.19. The monoisotopic (exact) mass is 262 g/mol. The number of hydrogen-bond donors (Lipinski definition) is 2. The largest absolute Gasteiger partial charge is 0.386 e. The molecule has 0 heterocycles. The molecule has 3 aromatic rings. The summed E-state index contributed by atoms with van der Waals surface area (Å²) in [5.74, 6) is 0. The Morgan fingerprint density at radius 3 is 2.45 bits per heavy atom. The maximum atomic E-state index is 10.4. The van der Waals surface area contributed by atoms with E-state index in [1.807, 2.05) is 24.3 Å². The van der Waals surface area contributed by atoms with Gasteiger partial charge in [0.1, 0.15) is 12.2 Å². The predicted molar refractivity (Wildman–Crippen MR) is 81.5 cm³/mol. The van der Waals surface area contributed by atoms with Crippen LogP contribution in [0.3, 0.4) is 0 Å². The Morgan fingerprint density at radius 1 is 0.800 bits per heavy atom. The van der Waals surface area contributed by atoms with Crippen molar-refractivity contribution in [2.45, 2.75) is 12.2 Å². The molecule has 2 atom stereocenters. The summed E-state index contributed by atoms with van der Waals surface area (Å²) in [5, 5.41) is 24.7. The first kappa shape index (κ1) is 11.6. The van der Waals surface area contributed by atoms with E-state index < -0.39 is 12.2 Å².